The quantitative estimate of drug-likeness (QED) is 0.228. The fourth-order valence-corrected chi connectivity index (χ4v) is 3.16. The minimum atomic E-state index is -3.05. The van der Waals surface area contributed by atoms with Crippen LogP contribution in [-0.2, 0) is 9.57 Å². The second-order valence-corrected chi connectivity index (χ2v) is 7.33. The highest BCUT2D eigenvalue weighted by Gasteiger charge is 2.22. The minimum absolute atomic E-state index is 0.00111. The molecule has 3 amide bonds. The van der Waals surface area contributed by atoms with E-state index in [1.807, 2.05) is 5.48 Å². The molecule has 3 aromatic rings. The molecule has 3 rings (SSSR count). The van der Waals surface area contributed by atoms with Crippen molar-refractivity contribution in [2.45, 2.75) is 25.9 Å². The Hall–Kier alpha value is -3.86. The number of pyridine rings is 1. The lowest BCUT2D eigenvalue weighted by atomic mass is 10.1. The zero-order chi connectivity index (χ0) is 25.5. The van der Waals surface area contributed by atoms with Crippen LogP contribution in [0.4, 0.5) is 25.0 Å². The van der Waals surface area contributed by atoms with Crippen LogP contribution in [0, 0.1) is 12.3 Å². The van der Waals surface area contributed by atoms with Crippen molar-refractivity contribution in [3.63, 3.8) is 0 Å². The van der Waals surface area contributed by atoms with Crippen molar-refractivity contribution >= 4 is 40.6 Å². The highest BCUT2D eigenvalue weighted by atomic mass is 35.5. The molecule has 3 heterocycles. The SMILES string of the molecule is C#CCCONC(=O)c1ncc(NC(=O)Nc2cnc3cc(Cl)nn3c2[C@H](C)OC)cc1C(F)F. The Kier molecular flexibility index (Phi) is 8.48. The molecule has 0 unspecified atom stereocenters. The molecule has 0 radical (unpaired) electrons. The molecular weight excluding hydrogens is 488 g/mol. The summed E-state index contributed by atoms with van der Waals surface area (Å²) in [5, 5.41) is 9.30. The predicted octanol–water partition coefficient (Wildman–Crippen LogP) is 3.75. The van der Waals surface area contributed by atoms with E-state index in [4.69, 9.17) is 27.6 Å². The zero-order valence-corrected chi connectivity index (χ0v) is 19.3. The smallest absolute Gasteiger partial charge is 0.323 e. The number of carbonyl (C=O) groups excluding carboxylic acids is 2. The van der Waals surface area contributed by atoms with Crippen molar-refractivity contribution in [3.05, 3.63) is 46.6 Å². The van der Waals surface area contributed by atoms with Crippen LogP contribution in [0.2, 0.25) is 5.15 Å². The summed E-state index contributed by atoms with van der Waals surface area (Å²) in [6.07, 6.45) is 4.15. The molecule has 0 aliphatic heterocycles. The lowest BCUT2D eigenvalue weighted by Gasteiger charge is -2.17. The monoisotopic (exact) mass is 507 g/mol. The summed E-state index contributed by atoms with van der Waals surface area (Å²) in [6.45, 7) is 1.73. The number of amides is 3. The van der Waals surface area contributed by atoms with Crippen LogP contribution in [0.15, 0.2) is 24.5 Å². The first-order valence-corrected chi connectivity index (χ1v) is 10.4. The van der Waals surface area contributed by atoms with Gasteiger partial charge in [-0.2, -0.15) is 5.10 Å². The third-order valence-electron chi connectivity index (χ3n) is 4.62. The molecule has 14 heteroatoms. The van der Waals surface area contributed by atoms with Crippen molar-refractivity contribution in [1.82, 2.24) is 25.1 Å². The van der Waals surface area contributed by atoms with Crippen molar-refractivity contribution in [2.75, 3.05) is 24.4 Å². The Labute approximate surface area is 203 Å². The lowest BCUT2D eigenvalue weighted by Crippen LogP contribution is -2.27. The third kappa shape index (κ3) is 6.18. The molecule has 0 bridgehead atoms. The van der Waals surface area contributed by atoms with E-state index in [1.54, 1.807) is 6.92 Å². The van der Waals surface area contributed by atoms with E-state index in [0.29, 0.717) is 11.3 Å². The molecule has 35 heavy (non-hydrogen) atoms. The summed E-state index contributed by atoms with van der Waals surface area (Å²) in [5.41, 5.74) is 1.77. The average Bonchev–Trinajstić information content (AvgIpc) is 3.21. The van der Waals surface area contributed by atoms with Crippen molar-refractivity contribution in [2.24, 2.45) is 0 Å². The lowest BCUT2D eigenvalue weighted by molar-refractivity contribution is 0.0324. The molecular formula is C21H20ClF2N7O4. The van der Waals surface area contributed by atoms with Gasteiger partial charge in [0.1, 0.15) is 5.69 Å². The Morgan fingerprint density at radius 2 is 2.03 bits per heavy atom. The van der Waals surface area contributed by atoms with Gasteiger partial charge < -0.3 is 15.4 Å². The van der Waals surface area contributed by atoms with E-state index in [-0.39, 0.29) is 29.6 Å². The number of nitrogens with one attached hydrogen (secondary N) is 3. The van der Waals surface area contributed by atoms with E-state index in [1.165, 1.54) is 23.9 Å². The van der Waals surface area contributed by atoms with Gasteiger partial charge in [0, 0.05) is 19.6 Å². The van der Waals surface area contributed by atoms with Crippen LogP contribution >= 0.6 is 11.6 Å². The first-order chi connectivity index (χ1) is 16.7. The second-order valence-electron chi connectivity index (χ2n) is 6.95. The fourth-order valence-electron chi connectivity index (χ4n) is 2.99. The average molecular weight is 508 g/mol. The van der Waals surface area contributed by atoms with Crippen molar-refractivity contribution < 1.29 is 27.9 Å². The number of urea groups is 1. The molecule has 11 nitrogen and oxygen atoms in total. The number of halogens is 3. The molecule has 0 fully saturated rings. The normalized spacial score (nSPS) is 11.8. The molecule has 184 valence electrons. The first-order valence-electron chi connectivity index (χ1n) is 10.0. The van der Waals surface area contributed by atoms with Gasteiger partial charge in [-0.3, -0.25) is 9.63 Å². The number of alkyl halides is 2. The van der Waals surface area contributed by atoms with Crippen LogP contribution in [0.5, 0.6) is 0 Å². The molecule has 0 saturated carbocycles. The number of hydroxylamine groups is 1. The summed E-state index contributed by atoms with van der Waals surface area (Å²) >= 11 is 5.96. The van der Waals surface area contributed by atoms with Crippen LogP contribution in [-0.4, -0.2) is 45.2 Å². The highest BCUT2D eigenvalue weighted by Crippen LogP contribution is 2.27. The van der Waals surface area contributed by atoms with Gasteiger partial charge in [-0.15, -0.1) is 12.3 Å². The summed E-state index contributed by atoms with van der Waals surface area (Å²) in [6, 6.07) is 1.68. The van der Waals surface area contributed by atoms with Gasteiger partial charge in [-0.1, -0.05) is 11.6 Å². The van der Waals surface area contributed by atoms with Gasteiger partial charge in [-0.25, -0.2) is 33.5 Å². The molecule has 3 N–H and O–H groups in total. The molecule has 3 aromatic heterocycles. The Morgan fingerprint density at radius 3 is 2.71 bits per heavy atom. The van der Waals surface area contributed by atoms with E-state index >= 15 is 0 Å². The van der Waals surface area contributed by atoms with E-state index in [9.17, 15) is 18.4 Å². The molecule has 0 aromatic carbocycles. The van der Waals surface area contributed by atoms with E-state index < -0.39 is 35.7 Å². The number of terminal acetylenes is 1. The summed E-state index contributed by atoms with van der Waals surface area (Å²) in [5.74, 6) is 1.31. The maximum atomic E-state index is 13.6. The number of fused-ring (bicyclic) bond motifs is 1. The van der Waals surface area contributed by atoms with Crippen LogP contribution < -0.4 is 16.1 Å². The number of rotatable bonds is 9. The van der Waals surface area contributed by atoms with Crippen molar-refractivity contribution in [3.8, 4) is 12.3 Å². The Morgan fingerprint density at radius 1 is 1.26 bits per heavy atom. The van der Waals surface area contributed by atoms with Gasteiger partial charge in [0.2, 0.25) is 0 Å². The first kappa shape index (κ1) is 25.8. The molecule has 0 spiro atoms. The Balaban J connectivity index is 1.79. The van der Waals surface area contributed by atoms with E-state index in [0.717, 1.165) is 12.3 Å². The van der Waals surface area contributed by atoms with Crippen LogP contribution in [0.25, 0.3) is 5.65 Å². The number of carbonyl (C=O) groups is 2. The van der Waals surface area contributed by atoms with Gasteiger partial charge in [0.05, 0.1) is 47.7 Å². The fraction of sp³-hybridized carbons (Fsp3) is 0.286. The molecule has 0 aliphatic carbocycles. The number of methoxy groups -OCH3 is 1. The Bertz CT molecular complexity index is 1280. The molecule has 0 saturated heterocycles. The maximum Gasteiger partial charge on any atom is 0.323 e. The highest BCUT2D eigenvalue weighted by molar-refractivity contribution is 6.29. The van der Waals surface area contributed by atoms with Crippen LogP contribution in [0.3, 0.4) is 0 Å². The number of anilines is 2. The predicted molar refractivity (Wildman–Crippen MR) is 122 cm³/mol. The minimum Gasteiger partial charge on any atom is -0.375 e. The number of hydrogen-bond acceptors (Lipinski definition) is 7. The summed E-state index contributed by atoms with van der Waals surface area (Å²) < 4.78 is 33.9. The molecule has 1 atom stereocenters. The van der Waals surface area contributed by atoms with Crippen LogP contribution in [0.1, 0.15) is 47.6 Å². The number of hydrogen-bond donors (Lipinski definition) is 3. The van der Waals surface area contributed by atoms with E-state index in [2.05, 4.69) is 31.6 Å². The topological polar surface area (TPSA) is 132 Å². The largest absolute Gasteiger partial charge is 0.375 e. The van der Waals surface area contributed by atoms with Gasteiger partial charge in [0.15, 0.2) is 10.8 Å². The van der Waals surface area contributed by atoms with Crippen molar-refractivity contribution in [1.29, 1.82) is 0 Å². The number of nitrogens with zero attached hydrogens (tertiary/aromatic N) is 4. The summed E-state index contributed by atoms with van der Waals surface area (Å²) in [7, 11) is 1.47. The van der Waals surface area contributed by atoms with Gasteiger partial charge >= 0.3 is 6.03 Å². The molecule has 0 aliphatic rings. The number of ether oxygens (including phenoxy) is 1. The van der Waals surface area contributed by atoms with Gasteiger partial charge in [0.25, 0.3) is 12.3 Å². The second kappa shape index (κ2) is 11.5. The number of aromatic nitrogens is 4. The van der Waals surface area contributed by atoms with Gasteiger partial charge in [-0.05, 0) is 13.0 Å². The zero-order valence-electron chi connectivity index (χ0n) is 18.5. The summed E-state index contributed by atoms with van der Waals surface area (Å²) in [4.78, 5) is 37.5. The standard InChI is InChI=1S/C21H20ClF2N7O4/c1-4-5-6-35-30-20(32)17-13(19(23)24)7-12(9-26-17)27-21(33)28-14-10-25-16-8-15(22)29-31(16)18(14)11(2)34-3/h1,7-11,19H,5-6H2,2-3H3,(H,30,32)(H2,27,28,33)/t11-/m0/s1. The maximum absolute atomic E-state index is 13.6. The third-order valence-corrected chi connectivity index (χ3v) is 4.80.